The second-order valence-electron chi connectivity index (χ2n) is 5.31. The fraction of sp³-hybridized carbons (Fsp3) is 0.312. The molecule has 0 fully saturated rings. The molecule has 3 aromatic rings. The highest BCUT2D eigenvalue weighted by Gasteiger charge is 2.23. The zero-order valence-electron chi connectivity index (χ0n) is 13.4. The third-order valence-corrected chi connectivity index (χ3v) is 3.82. The molecule has 8 nitrogen and oxygen atoms in total. The molecule has 0 spiro atoms. The van der Waals surface area contributed by atoms with Gasteiger partial charge in [-0.15, -0.1) is 5.10 Å². The van der Waals surface area contributed by atoms with Crippen LogP contribution in [0.4, 0.5) is 0 Å². The van der Waals surface area contributed by atoms with Gasteiger partial charge in [-0.05, 0) is 12.0 Å². The Kier molecular flexibility index (Phi) is 4.37. The molecule has 0 radical (unpaired) electrons. The summed E-state index contributed by atoms with van der Waals surface area (Å²) in [5.74, 6) is -0.488. The molecule has 0 N–H and O–H groups in total. The normalized spacial score (nSPS) is 12.2. The van der Waals surface area contributed by atoms with Gasteiger partial charge < -0.3 is 4.74 Å². The van der Waals surface area contributed by atoms with E-state index in [1.807, 2.05) is 30.3 Å². The molecule has 1 aromatic carbocycles. The van der Waals surface area contributed by atoms with Gasteiger partial charge in [0.05, 0.1) is 13.7 Å². The molecule has 1 unspecified atom stereocenters. The van der Waals surface area contributed by atoms with Gasteiger partial charge in [-0.25, -0.2) is 14.5 Å². The third-order valence-electron chi connectivity index (χ3n) is 3.82. The fourth-order valence-corrected chi connectivity index (χ4v) is 2.56. The lowest BCUT2D eigenvalue weighted by Crippen LogP contribution is -2.30. The van der Waals surface area contributed by atoms with Crippen LogP contribution in [0.25, 0.3) is 11.2 Å². The van der Waals surface area contributed by atoms with E-state index in [2.05, 4.69) is 15.3 Å². The molecule has 0 bridgehead atoms. The number of benzene rings is 1. The minimum atomic E-state index is -0.723. The van der Waals surface area contributed by atoms with E-state index < -0.39 is 17.6 Å². The van der Waals surface area contributed by atoms with Crippen LogP contribution in [-0.2, 0) is 16.1 Å². The van der Waals surface area contributed by atoms with Crippen LogP contribution in [-0.4, -0.2) is 37.6 Å². The molecule has 3 rings (SSSR count). The number of ether oxygens (including phenoxy) is 1. The van der Waals surface area contributed by atoms with Crippen LogP contribution in [0.2, 0.25) is 0 Å². The van der Waals surface area contributed by atoms with Gasteiger partial charge in [-0.1, -0.05) is 42.5 Å². The van der Waals surface area contributed by atoms with Crippen molar-refractivity contribution in [1.82, 2.24) is 24.5 Å². The molecular formula is C16H17N5O3. The van der Waals surface area contributed by atoms with E-state index in [0.717, 1.165) is 5.56 Å². The van der Waals surface area contributed by atoms with E-state index in [4.69, 9.17) is 4.74 Å². The Labute approximate surface area is 137 Å². The highest BCUT2D eigenvalue weighted by Crippen LogP contribution is 2.13. The maximum absolute atomic E-state index is 12.6. The lowest BCUT2D eigenvalue weighted by molar-refractivity contribution is -0.144. The molecule has 0 saturated heterocycles. The van der Waals surface area contributed by atoms with E-state index in [9.17, 15) is 9.59 Å². The van der Waals surface area contributed by atoms with Gasteiger partial charge >= 0.3 is 5.97 Å². The fourth-order valence-electron chi connectivity index (χ4n) is 2.56. The Morgan fingerprint density at radius 3 is 2.71 bits per heavy atom. The van der Waals surface area contributed by atoms with E-state index in [1.54, 1.807) is 11.6 Å². The van der Waals surface area contributed by atoms with E-state index in [0.29, 0.717) is 18.6 Å². The number of hydrogen-bond acceptors (Lipinski definition) is 6. The lowest BCUT2D eigenvalue weighted by atomic mass is 10.2. The Morgan fingerprint density at radius 1 is 1.29 bits per heavy atom. The van der Waals surface area contributed by atoms with Crippen LogP contribution in [0.3, 0.4) is 0 Å². The quantitative estimate of drug-likeness (QED) is 0.653. The number of nitrogens with zero attached hydrogens (tertiary/aromatic N) is 5. The van der Waals surface area contributed by atoms with Crippen molar-refractivity contribution >= 4 is 17.1 Å². The van der Waals surface area contributed by atoms with Crippen molar-refractivity contribution in [1.29, 1.82) is 0 Å². The topological polar surface area (TPSA) is 91.9 Å². The summed E-state index contributed by atoms with van der Waals surface area (Å²) in [7, 11) is 1.29. The first-order valence-electron chi connectivity index (χ1n) is 7.57. The second kappa shape index (κ2) is 6.61. The molecule has 8 heteroatoms. The van der Waals surface area contributed by atoms with Gasteiger partial charge in [0.15, 0.2) is 11.2 Å². The third kappa shape index (κ3) is 2.78. The first-order chi connectivity index (χ1) is 11.7. The van der Waals surface area contributed by atoms with Crippen LogP contribution in [0.1, 0.15) is 24.9 Å². The lowest BCUT2D eigenvalue weighted by Gasteiger charge is -2.14. The van der Waals surface area contributed by atoms with Crippen molar-refractivity contribution in [2.45, 2.75) is 25.9 Å². The van der Waals surface area contributed by atoms with Crippen molar-refractivity contribution in [2.75, 3.05) is 7.11 Å². The van der Waals surface area contributed by atoms with Gasteiger partial charge in [0.2, 0.25) is 0 Å². The van der Waals surface area contributed by atoms with E-state index in [1.165, 1.54) is 18.0 Å². The molecule has 0 amide bonds. The van der Waals surface area contributed by atoms with Crippen LogP contribution in [0.15, 0.2) is 41.5 Å². The number of esters is 1. The van der Waals surface area contributed by atoms with Crippen LogP contribution < -0.4 is 5.56 Å². The van der Waals surface area contributed by atoms with Gasteiger partial charge in [0, 0.05) is 0 Å². The van der Waals surface area contributed by atoms with Gasteiger partial charge in [-0.3, -0.25) is 9.36 Å². The number of carbonyl (C=O) groups excluding carboxylic acids is 1. The molecule has 0 saturated carbocycles. The summed E-state index contributed by atoms with van der Waals surface area (Å²) in [6.45, 7) is 2.26. The predicted octanol–water partition coefficient (Wildman–Crippen LogP) is 1.16. The number of hydrogen-bond donors (Lipinski definition) is 0. The summed E-state index contributed by atoms with van der Waals surface area (Å²) in [4.78, 5) is 28.7. The van der Waals surface area contributed by atoms with Crippen molar-refractivity contribution in [3.8, 4) is 0 Å². The van der Waals surface area contributed by atoms with Gasteiger partial charge in [-0.2, -0.15) is 0 Å². The molecule has 24 heavy (non-hydrogen) atoms. The predicted molar refractivity (Wildman–Crippen MR) is 86.5 cm³/mol. The average Bonchev–Trinajstić information content (AvgIpc) is 3.02. The Hall–Kier alpha value is -3.03. The van der Waals surface area contributed by atoms with E-state index in [-0.39, 0.29) is 5.52 Å². The molecule has 0 aliphatic rings. The van der Waals surface area contributed by atoms with Gasteiger partial charge in [0.1, 0.15) is 12.4 Å². The summed E-state index contributed by atoms with van der Waals surface area (Å²) in [6, 6.07) is 8.97. The summed E-state index contributed by atoms with van der Waals surface area (Å²) < 4.78 is 7.55. The maximum atomic E-state index is 12.6. The smallest absolute Gasteiger partial charge is 0.329 e. The SMILES string of the molecule is CCC(C(=O)OC)n1cnc2c(nnn2Cc2ccccc2)c1=O. The molecule has 124 valence electrons. The maximum Gasteiger partial charge on any atom is 0.329 e. The first-order valence-corrected chi connectivity index (χ1v) is 7.57. The van der Waals surface area contributed by atoms with Crippen molar-refractivity contribution in [2.24, 2.45) is 0 Å². The van der Waals surface area contributed by atoms with E-state index >= 15 is 0 Å². The number of rotatable bonds is 5. The minimum Gasteiger partial charge on any atom is -0.467 e. The Bertz CT molecular complexity index is 916. The summed E-state index contributed by atoms with van der Waals surface area (Å²) >= 11 is 0. The van der Waals surface area contributed by atoms with Crippen molar-refractivity contribution in [3.63, 3.8) is 0 Å². The molecular weight excluding hydrogens is 310 g/mol. The number of methoxy groups -OCH3 is 1. The number of aromatic nitrogens is 5. The molecule has 2 heterocycles. The monoisotopic (exact) mass is 327 g/mol. The zero-order chi connectivity index (χ0) is 17.1. The largest absolute Gasteiger partial charge is 0.467 e. The van der Waals surface area contributed by atoms with Crippen molar-refractivity contribution < 1.29 is 9.53 Å². The first kappa shape index (κ1) is 15.9. The molecule has 0 aliphatic carbocycles. The molecule has 0 aliphatic heterocycles. The standard InChI is InChI=1S/C16H17N5O3/c1-3-12(16(23)24-2)20-10-17-14-13(15(20)22)18-19-21(14)9-11-7-5-4-6-8-11/h4-8,10,12H,3,9H2,1-2H3. The van der Waals surface area contributed by atoms with Crippen molar-refractivity contribution in [3.05, 3.63) is 52.6 Å². The zero-order valence-corrected chi connectivity index (χ0v) is 13.4. The second-order valence-corrected chi connectivity index (χ2v) is 5.31. The van der Waals surface area contributed by atoms with Crippen LogP contribution in [0.5, 0.6) is 0 Å². The Morgan fingerprint density at radius 2 is 2.04 bits per heavy atom. The number of fused-ring (bicyclic) bond motifs is 1. The van der Waals surface area contributed by atoms with Crippen LogP contribution in [0, 0.1) is 0 Å². The summed E-state index contributed by atoms with van der Waals surface area (Å²) in [5, 5.41) is 7.96. The Balaban J connectivity index is 2.02. The minimum absolute atomic E-state index is 0.135. The average molecular weight is 327 g/mol. The highest BCUT2D eigenvalue weighted by molar-refractivity contribution is 5.75. The summed E-state index contributed by atoms with van der Waals surface area (Å²) in [5.41, 5.74) is 1.14. The molecule has 2 aromatic heterocycles. The highest BCUT2D eigenvalue weighted by atomic mass is 16.5. The summed E-state index contributed by atoms with van der Waals surface area (Å²) in [6.07, 6.45) is 1.76. The number of carbonyl (C=O) groups is 1. The van der Waals surface area contributed by atoms with Gasteiger partial charge in [0.25, 0.3) is 5.56 Å². The molecule has 1 atom stereocenters. The van der Waals surface area contributed by atoms with Crippen LogP contribution >= 0.6 is 0 Å².